The SMILES string of the molecule is O=C(CCl)Cc1cccc(SC(F)(F)F)c1[N+](=O)[O-]. The lowest BCUT2D eigenvalue weighted by Crippen LogP contribution is -2.08. The number of hydrogen-bond donors (Lipinski definition) is 0. The maximum atomic E-state index is 12.3. The Bertz CT molecular complexity index is 507. The highest BCUT2D eigenvalue weighted by atomic mass is 35.5. The smallest absolute Gasteiger partial charge is 0.298 e. The van der Waals surface area contributed by atoms with Gasteiger partial charge in [0.25, 0.3) is 5.69 Å². The van der Waals surface area contributed by atoms with Gasteiger partial charge in [0.1, 0.15) is 0 Å². The van der Waals surface area contributed by atoms with Crippen molar-refractivity contribution in [2.45, 2.75) is 16.8 Å². The average molecular weight is 314 g/mol. The van der Waals surface area contributed by atoms with Crippen LogP contribution in [0.4, 0.5) is 18.9 Å². The van der Waals surface area contributed by atoms with Gasteiger partial charge in [-0.1, -0.05) is 12.1 Å². The second kappa shape index (κ2) is 6.25. The molecule has 0 aromatic heterocycles. The van der Waals surface area contributed by atoms with Gasteiger partial charge in [0.15, 0.2) is 5.78 Å². The Labute approximate surface area is 115 Å². The molecule has 0 atom stereocenters. The van der Waals surface area contributed by atoms with Gasteiger partial charge in [-0.25, -0.2) is 0 Å². The molecular formula is C10H7ClF3NO3S. The zero-order valence-corrected chi connectivity index (χ0v) is 10.8. The van der Waals surface area contributed by atoms with Crippen molar-refractivity contribution < 1.29 is 22.9 Å². The minimum absolute atomic E-state index is 0.0788. The third-order valence-corrected chi connectivity index (χ3v) is 3.11. The lowest BCUT2D eigenvalue weighted by Gasteiger charge is -2.08. The fourth-order valence-corrected chi connectivity index (χ4v) is 2.18. The van der Waals surface area contributed by atoms with Crippen LogP contribution in [0.5, 0.6) is 0 Å². The number of nitro groups is 1. The van der Waals surface area contributed by atoms with Crippen LogP contribution in [0.3, 0.4) is 0 Å². The van der Waals surface area contributed by atoms with Crippen molar-refractivity contribution >= 4 is 34.8 Å². The van der Waals surface area contributed by atoms with E-state index in [1.807, 2.05) is 0 Å². The quantitative estimate of drug-likeness (QED) is 0.361. The summed E-state index contributed by atoms with van der Waals surface area (Å²) in [6.07, 6.45) is -0.369. The molecule has 0 heterocycles. The van der Waals surface area contributed by atoms with Crippen LogP contribution in [-0.4, -0.2) is 22.1 Å². The van der Waals surface area contributed by atoms with Crippen molar-refractivity contribution in [1.29, 1.82) is 0 Å². The number of Topliss-reactive ketones (excluding diaryl/α,β-unsaturated/α-hetero) is 1. The Hall–Kier alpha value is -1.28. The molecule has 0 unspecified atom stereocenters. The summed E-state index contributed by atoms with van der Waals surface area (Å²) in [6.45, 7) is 0. The van der Waals surface area contributed by atoms with Gasteiger partial charge < -0.3 is 0 Å². The summed E-state index contributed by atoms with van der Waals surface area (Å²) in [5, 5.41) is 10.9. The number of nitrogens with zero attached hydrogens (tertiary/aromatic N) is 1. The molecule has 0 aliphatic carbocycles. The number of ketones is 1. The molecule has 0 aliphatic heterocycles. The van der Waals surface area contributed by atoms with Gasteiger partial charge in [-0.3, -0.25) is 14.9 Å². The van der Waals surface area contributed by atoms with Crippen molar-refractivity contribution in [3.8, 4) is 0 Å². The van der Waals surface area contributed by atoms with Gasteiger partial charge in [0.2, 0.25) is 0 Å². The molecule has 0 amide bonds. The lowest BCUT2D eigenvalue weighted by molar-refractivity contribution is -0.388. The Morgan fingerprint density at radius 3 is 2.53 bits per heavy atom. The van der Waals surface area contributed by atoms with Crippen molar-refractivity contribution in [3.05, 3.63) is 33.9 Å². The summed E-state index contributed by atoms with van der Waals surface area (Å²) >= 11 is 4.69. The second-order valence-electron chi connectivity index (χ2n) is 3.42. The number of nitro benzene ring substituents is 1. The molecule has 0 N–H and O–H groups in total. The maximum Gasteiger partial charge on any atom is 0.446 e. The predicted molar refractivity (Wildman–Crippen MR) is 64.4 cm³/mol. The number of thioether (sulfide) groups is 1. The van der Waals surface area contributed by atoms with Gasteiger partial charge in [0.05, 0.1) is 15.7 Å². The molecule has 0 bridgehead atoms. The summed E-state index contributed by atoms with van der Waals surface area (Å²) in [7, 11) is 0. The molecule has 0 spiro atoms. The fourth-order valence-electron chi connectivity index (χ4n) is 1.38. The minimum Gasteiger partial charge on any atom is -0.298 e. The first-order chi connectivity index (χ1) is 8.74. The highest BCUT2D eigenvalue weighted by molar-refractivity contribution is 8.00. The van der Waals surface area contributed by atoms with Crippen molar-refractivity contribution in [1.82, 2.24) is 0 Å². The van der Waals surface area contributed by atoms with E-state index >= 15 is 0 Å². The Kier molecular flexibility index (Phi) is 5.19. The van der Waals surface area contributed by atoms with Crippen LogP contribution in [-0.2, 0) is 11.2 Å². The van der Waals surface area contributed by atoms with Crippen LogP contribution in [0, 0.1) is 10.1 Å². The van der Waals surface area contributed by atoms with E-state index in [-0.39, 0.29) is 17.9 Å². The molecule has 0 aliphatic rings. The maximum absolute atomic E-state index is 12.3. The van der Waals surface area contributed by atoms with E-state index in [4.69, 9.17) is 11.6 Å². The summed E-state index contributed by atoms with van der Waals surface area (Å²) in [5.74, 6) is -0.854. The highest BCUT2D eigenvalue weighted by Gasteiger charge is 2.34. The van der Waals surface area contributed by atoms with Crippen molar-refractivity contribution in [2.75, 3.05) is 5.88 Å². The van der Waals surface area contributed by atoms with Crippen LogP contribution in [0.1, 0.15) is 5.56 Å². The molecule has 4 nitrogen and oxygen atoms in total. The number of hydrogen-bond acceptors (Lipinski definition) is 4. The van der Waals surface area contributed by atoms with E-state index in [0.29, 0.717) is 0 Å². The van der Waals surface area contributed by atoms with Crippen LogP contribution in [0.15, 0.2) is 23.1 Å². The Morgan fingerprint density at radius 1 is 1.42 bits per heavy atom. The Morgan fingerprint density at radius 2 is 2.05 bits per heavy atom. The monoisotopic (exact) mass is 313 g/mol. The first-order valence-electron chi connectivity index (χ1n) is 4.84. The molecule has 0 radical (unpaired) electrons. The molecule has 1 aromatic rings. The number of benzene rings is 1. The number of halogens is 4. The third-order valence-electron chi connectivity index (χ3n) is 2.03. The highest BCUT2D eigenvalue weighted by Crippen LogP contribution is 2.42. The summed E-state index contributed by atoms with van der Waals surface area (Å²) in [5.41, 5.74) is -5.42. The second-order valence-corrected chi connectivity index (χ2v) is 4.79. The van der Waals surface area contributed by atoms with E-state index in [2.05, 4.69) is 0 Å². The van der Waals surface area contributed by atoms with E-state index < -0.39 is 38.6 Å². The number of carbonyl (C=O) groups excluding carboxylic acids is 1. The molecule has 19 heavy (non-hydrogen) atoms. The summed E-state index contributed by atoms with van der Waals surface area (Å²) in [6, 6.07) is 3.46. The number of alkyl halides is 4. The summed E-state index contributed by atoms with van der Waals surface area (Å²) < 4.78 is 36.9. The molecule has 0 saturated carbocycles. The van der Waals surface area contributed by atoms with Crippen LogP contribution < -0.4 is 0 Å². The molecule has 0 saturated heterocycles. The van der Waals surface area contributed by atoms with Gasteiger partial charge >= 0.3 is 5.51 Å². The molecular weight excluding hydrogens is 307 g/mol. The molecule has 0 fully saturated rings. The van der Waals surface area contributed by atoms with E-state index in [0.717, 1.165) is 6.07 Å². The zero-order valence-electron chi connectivity index (χ0n) is 9.24. The first-order valence-corrected chi connectivity index (χ1v) is 6.19. The largest absolute Gasteiger partial charge is 0.446 e. The van der Waals surface area contributed by atoms with E-state index in [9.17, 15) is 28.1 Å². The Balaban J connectivity index is 3.22. The van der Waals surface area contributed by atoms with Gasteiger partial charge in [-0.2, -0.15) is 13.2 Å². The predicted octanol–water partition coefficient (Wildman–Crippen LogP) is 3.56. The average Bonchev–Trinajstić information content (AvgIpc) is 2.26. The third kappa shape index (κ3) is 4.71. The van der Waals surface area contributed by atoms with Crippen LogP contribution >= 0.6 is 23.4 Å². The van der Waals surface area contributed by atoms with Gasteiger partial charge in [-0.15, -0.1) is 11.6 Å². The molecule has 1 aromatic carbocycles. The van der Waals surface area contributed by atoms with Crippen LogP contribution in [0.25, 0.3) is 0 Å². The van der Waals surface area contributed by atoms with Gasteiger partial charge in [0, 0.05) is 12.0 Å². The van der Waals surface area contributed by atoms with Gasteiger partial charge in [-0.05, 0) is 17.8 Å². The van der Waals surface area contributed by atoms with E-state index in [1.54, 1.807) is 0 Å². The topological polar surface area (TPSA) is 60.2 Å². The first kappa shape index (κ1) is 15.8. The number of rotatable bonds is 5. The molecule has 9 heteroatoms. The van der Waals surface area contributed by atoms with Crippen molar-refractivity contribution in [3.63, 3.8) is 0 Å². The van der Waals surface area contributed by atoms with Crippen molar-refractivity contribution in [2.24, 2.45) is 0 Å². The zero-order chi connectivity index (χ0) is 14.6. The minimum atomic E-state index is -4.64. The fraction of sp³-hybridized carbons (Fsp3) is 0.300. The lowest BCUT2D eigenvalue weighted by atomic mass is 10.1. The number of para-hydroxylation sites is 1. The standard InChI is InChI=1S/C10H7ClF3NO3S/c11-5-7(16)4-6-2-1-3-8(9(6)15(17)18)19-10(12,13)14/h1-3H,4-5H2. The van der Waals surface area contributed by atoms with E-state index in [1.165, 1.54) is 12.1 Å². The van der Waals surface area contributed by atoms with Crippen LogP contribution in [0.2, 0.25) is 0 Å². The molecule has 104 valence electrons. The molecule has 1 rings (SSSR count). The summed E-state index contributed by atoms with van der Waals surface area (Å²) in [4.78, 5) is 20.6. The normalized spacial score (nSPS) is 11.4. The number of carbonyl (C=O) groups is 1.